The van der Waals surface area contributed by atoms with E-state index in [1.807, 2.05) is 0 Å². The molecule has 1 aromatic rings. The van der Waals surface area contributed by atoms with Gasteiger partial charge in [0.25, 0.3) is 0 Å². The van der Waals surface area contributed by atoms with Crippen LogP contribution in [0.4, 0.5) is 18.9 Å². The predicted octanol–water partition coefficient (Wildman–Crippen LogP) is 2.12. The van der Waals surface area contributed by atoms with Crippen LogP contribution in [0.5, 0.6) is 5.75 Å². The van der Waals surface area contributed by atoms with Gasteiger partial charge in [-0.25, -0.2) is 4.98 Å². The van der Waals surface area contributed by atoms with E-state index in [0.717, 1.165) is 0 Å². The fraction of sp³-hybridized carbons (Fsp3) is 0.545. The number of rotatable bonds is 4. The second-order valence-corrected chi connectivity index (χ2v) is 4.61. The van der Waals surface area contributed by atoms with E-state index in [9.17, 15) is 23.3 Å². The molecule has 1 saturated carbocycles. The molecule has 20 heavy (non-hydrogen) atoms. The van der Waals surface area contributed by atoms with Crippen LogP contribution in [0.25, 0.3) is 0 Å². The van der Waals surface area contributed by atoms with Gasteiger partial charge in [-0.1, -0.05) is 0 Å². The number of nitrogens with zero attached hydrogens (tertiary/aromatic N) is 2. The summed E-state index contributed by atoms with van der Waals surface area (Å²) in [6.45, 7) is 0.464. The number of nitrogens with two attached hydrogens (primary N) is 1. The molecule has 0 unspecified atom stereocenters. The third-order valence-corrected chi connectivity index (χ3v) is 3.15. The van der Waals surface area contributed by atoms with Crippen molar-refractivity contribution in [3.63, 3.8) is 0 Å². The van der Waals surface area contributed by atoms with Gasteiger partial charge in [0.2, 0.25) is 5.75 Å². The number of halogens is 3. The number of hydrogen-bond acceptors (Lipinski definition) is 5. The molecule has 0 bridgehead atoms. The van der Waals surface area contributed by atoms with Gasteiger partial charge < -0.3 is 10.5 Å². The van der Waals surface area contributed by atoms with Gasteiger partial charge in [0.15, 0.2) is 0 Å². The molecule has 0 radical (unpaired) electrons. The molecule has 2 rings (SSSR count). The molecule has 6 nitrogen and oxygen atoms in total. The van der Waals surface area contributed by atoms with E-state index >= 15 is 0 Å². The lowest BCUT2D eigenvalue weighted by Crippen LogP contribution is -2.37. The van der Waals surface area contributed by atoms with E-state index in [-0.39, 0.29) is 12.0 Å². The van der Waals surface area contributed by atoms with Gasteiger partial charge in [-0.2, -0.15) is 13.2 Å². The molecule has 0 spiro atoms. The zero-order valence-electron chi connectivity index (χ0n) is 10.3. The van der Waals surface area contributed by atoms with Gasteiger partial charge in [-0.15, -0.1) is 0 Å². The normalized spacial score (nSPS) is 22.2. The van der Waals surface area contributed by atoms with E-state index in [0.29, 0.717) is 31.6 Å². The third-order valence-electron chi connectivity index (χ3n) is 3.15. The van der Waals surface area contributed by atoms with Crippen molar-refractivity contribution >= 4 is 5.69 Å². The molecular weight excluding hydrogens is 279 g/mol. The molecule has 1 aliphatic carbocycles. The minimum Gasteiger partial charge on any atom is -0.483 e. The maximum Gasteiger partial charge on any atom is 0.433 e. The fourth-order valence-electron chi connectivity index (χ4n) is 1.96. The minimum atomic E-state index is -4.67. The molecule has 0 amide bonds. The Kier molecular flexibility index (Phi) is 3.80. The molecule has 1 aliphatic rings. The summed E-state index contributed by atoms with van der Waals surface area (Å²) >= 11 is 0. The smallest absolute Gasteiger partial charge is 0.433 e. The van der Waals surface area contributed by atoms with E-state index in [4.69, 9.17) is 10.5 Å². The molecule has 0 aromatic carbocycles. The number of alkyl halides is 3. The van der Waals surface area contributed by atoms with E-state index in [1.165, 1.54) is 0 Å². The number of hydrogen-bond donors (Lipinski definition) is 1. The first-order chi connectivity index (χ1) is 9.31. The highest BCUT2D eigenvalue weighted by molar-refractivity contribution is 5.45. The summed E-state index contributed by atoms with van der Waals surface area (Å²) in [6, 6.07) is 0.563. The van der Waals surface area contributed by atoms with Crippen molar-refractivity contribution in [3.05, 3.63) is 28.1 Å². The average Bonchev–Trinajstić information content (AvgIpc) is 2.31. The van der Waals surface area contributed by atoms with Crippen LogP contribution in [0, 0.1) is 16.0 Å². The molecule has 110 valence electrons. The zero-order valence-corrected chi connectivity index (χ0v) is 10.3. The van der Waals surface area contributed by atoms with Crippen molar-refractivity contribution in [1.82, 2.24) is 4.98 Å². The Balaban J connectivity index is 2.22. The molecule has 0 atom stereocenters. The summed E-state index contributed by atoms with van der Waals surface area (Å²) in [6.07, 6.45) is -3.29. The number of pyridine rings is 1. The Labute approximate surface area is 111 Å². The Morgan fingerprint density at radius 2 is 2.15 bits per heavy atom. The highest BCUT2D eigenvalue weighted by atomic mass is 19.4. The van der Waals surface area contributed by atoms with Crippen LogP contribution < -0.4 is 10.5 Å². The zero-order chi connectivity index (χ0) is 14.9. The highest BCUT2D eigenvalue weighted by Crippen LogP contribution is 2.37. The molecule has 0 aliphatic heterocycles. The van der Waals surface area contributed by atoms with Crippen LogP contribution in [0.15, 0.2) is 12.3 Å². The summed E-state index contributed by atoms with van der Waals surface area (Å²) < 4.78 is 42.9. The van der Waals surface area contributed by atoms with Crippen molar-refractivity contribution in [2.75, 3.05) is 6.54 Å². The Morgan fingerprint density at radius 1 is 1.50 bits per heavy atom. The maximum atomic E-state index is 12.5. The second kappa shape index (κ2) is 5.23. The lowest BCUT2D eigenvalue weighted by Gasteiger charge is -2.34. The second-order valence-electron chi connectivity index (χ2n) is 4.61. The lowest BCUT2D eigenvalue weighted by atomic mass is 9.82. The fourth-order valence-corrected chi connectivity index (χ4v) is 1.96. The molecular formula is C11H12F3N3O3. The minimum absolute atomic E-state index is 0.253. The van der Waals surface area contributed by atoms with Gasteiger partial charge >= 0.3 is 11.9 Å². The van der Waals surface area contributed by atoms with Crippen LogP contribution in [-0.2, 0) is 6.18 Å². The van der Waals surface area contributed by atoms with Gasteiger partial charge in [-0.05, 0) is 25.3 Å². The highest BCUT2D eigenvalue weighted by Gasteiger charge is 2.36. The predicted molar refractivity (Wildman–Crippen MR) is 62.1 cm³/mol. The van der Waals surface area contributed by atoms with Crippen molar-refractivity contribution in [2.24, 2.45) is 11.7 Å². The largest absolute Gasteiger partial charge is 0.483 e. The summed E-state index contributed by atoms with van der Waals surface area (Å²) in [5, 5.41) is 10.8. The number of nitro groups is 1. The molecule has 1 fully saturated rings. The first-order valence-electron chi connectivity index (χ1n) is 5.89. The summed E-state index contributed by atoms with van der Waals surface area (Å²) in [4.78, 5) is 13.0. The van der Waals surface area contributed by atoms with Crippen LogP contribution in [-0.4, -0.2) is 22.6 Å². The average molecular weight is 291 g/mol. The lowest BCUT2D eigenvalue weighted by molar-refractivity contribution is -0.386. The molecule has 1 aromatic heterocycles. The topological polar surface area (TPSA) is 91.3 Å². The van der Waals surface area contributed by atoms with Gasteiger partial charge in [0, 0.05) is 6.07 Å². The first kappa shape index (κ1) is 14.5. The third kappa shape index (κ3) is 2.98. The number of aromatic nitrogens is 1. The van der Waals surface area contributed by atoms with Crippen LogP contribution >= 0.6 is 0 Å². The number of ether oxygens (including phenoxy) is 1. The quantitative estimate of drug-likeness (QED) is 0.677. The van der Waals surface area contributed by atoms with Crippen LogP contribution in [0.3, 0.4) is 0 Å². The SMILES string of the molecule is NCC1CC(Oc2cc(C(F)(F)F)ncc2[N+](=O)[O-])C1. The van der Waals surface area contributed by atoms with Crippen molar-refractivity contribution < 1.29 is 22.8 Å². The Bertz CT molecular complexity index is 515. The molecule has 0 saturated heterocycles. The van der Waals surface area contributed by atoms with Crippen molar-refractivity contribution in [2.45, 2.75) is 25.1 Å². The van der Waals surface area contributed by atoms with Gasteiger partial charge in [0.05, 0.1) is 11.0 Å². The molecule has 2 N–H and O–H groups in total. The monoisotopic (exact) mass is 291 g/mol. The standard InChI is InChI=1S/C11H12F3N3O3/c12-11(13,14)10-3-9(8(5-16-10)17(18)19)20-7-1-6(2-7)4-15/h3,5-7H,1-2,4,15H2. The van der Waals surface area contributed by atoms with Gasteiger partial charge in [-0.3, -0.25) is 10.1 Å². The maximum absolute atomic E-state index is 12.5. The van der Waals surface area contributed by atoms with Gasteiger partial charge in [0.1, 0.15) is 11.9 Å². The van der Waals surface area contributed by atoms with Crippen LogP contribution in [0.1, 0.15) is 18.5 Å². The summed E-state index contributed by atoms with van der Waals surface area (Å²) in [7, 11) is 0. The van der Waals surface area contributed by atoms with E-state index < -0.39 is 28.2 Å². The summed E-state index contributed by atoms with van der Waals surface area (Å²) in [5.41, 5.74) is 3.64. The first-order valence-corrected chi connectivity index (χ1v) is 5.89. The van der Waals surface area contributed by atoms with Crippen LogP contribution in [0.2, 0.25) is 0 Å². The molecule has 1 heterocycles. The van der Waals surface area contributed by atoms with E-state index in [1.54, 1.807) is 0 Å². The molecule has 9 heteroatoms. The van der Waals surface area contributed by atoms with E-state index in [2.05, 4.69) is 4.98 Å². The Hall–Kier alpha value is -1.90. The van der Waals surface area contributed by atoms with Crippen molar-refractivity contribution in [1.29, 1.82) is 0 Å². The van der Waals surface area contributed by atoms with Crippen molar-refractivity contribution in [3.8, 4) is 5.75 Å². The Morgan fingerprint density at radius 3 is 2.65 bits per heavy atom. The summed E-state index contributed by atoms with van der Waals surface area (Å²) in [5.74, 6) is -0.152.